The van der Waals surface area contributed by atoms with Crippen LogP contribution in [0.1, 0.15) is 52.3 Å². The largest absolute Gasteiger partial charge is 0.461 e. The summed E-state index contributed by atoms with van der Waals surface area (Å²) in [7, 11) is 0. The first-order chi connectivity index (χ1) is 15.1. The van der Waals surface area contributed by atoms with Crippen LogP contribution in [0.2, 0.25) is 0 Å². The number of hydrogen-bond acceptors (Lipinski definition) is 5. The molecule has 1 aliphatic heterocycles. The van der Waals surface area contributed by atoms with E-state index in [9.17, 15) is 4.79 Å². The van der Waals surface area contributed by atoms with Gasteiger partial charge in [-0.25, -0.2) is 4.98 Å². The van der Waals surface area contributed by atoms with Gasteiger partial charge >= 0.3 is 0 Å². The summed E-state index contributed by atoms with van der Waals surface area (Å²) in [6.07, 6.45) is 5.97. The molecule has 1 saturated heterocycles. The van der Waals surface area contributed by atoms with E-state index in [1.165, 1.54) is 0 Å². The molecular weight excluding hydrogens is 394 g/mol. The van der Waals surface area contributed by atoms with Crippen LogP contribution in [-0.2, 0) is 11.2 Å². The standard InChI is InChI=1S/C22H35N7O2/c1-4-16(5-2)21(30)29-13-10-17(11-14-29)25-22(23-6-3)24-12-9-19-26-20(28-27-19)18-8-7-15-31-18/h7-8,15-17H,4-6,9-14H2,1-3H3,(H2,23,24,25)(H,26,27,28). The monoisotopic (exact) mass is 429 g/mol. The lowest BCUT2D eigenvalue weighted by Gasteiger charge is -2.34. The highest BCUT2D eigenvalue weighted by Gasteiger charge is 2.26. The van der Waals surface area contributed by atoms with Gasteiger partial charge in [-0.1, -0.05) is 13.8 Å². The molecule has 1 aliphatic rings. The normalized spacial score (nSPS) is 15.5. The Hall–Kier alpha value is -2.84. The summed E-state index contributed by atoms with van der Waals surface area (Å²) in [5.74, 6) is 3.26. The van der Waals surface area contributed by atoms with E-state index in [1.54, 1.807) is 6.26 Å². The Morgan fingerprint density at radius 1 is 1.32 bits per heavy atom. The number of rotatable bonds is 9. The van der Waals surface area contributed by atoms with Crippen molar-refractivity contribution in [2.75, 3.05) is 26.2 Å². The van der Waals surface area contributed by atoms with Crippen LogP contribution in [0, 0.1) is 5.92 Å². The Bertz CT molecular complexity index is 819. The molecule has 3 rings (SSSR count). The van der Waals surface area contributed by atoms with Crippen LogP contribution < -0.4 is 10.6 Å². The summed E-state index contributed by atoms with van der Waals surface area (Å²) in [6.45, 7) is 9.24. The maximum Gasteiger partial charge on any atom is 0.225 e. The average molecular weight is 430 g/mol. The number of amides is 1. The van der Waals surface area contributed by atoms with Gasteiger partial charge in [-0.2, -0.15) is 5.10 Å². The van der Waals surface area contributed by atoms with Gasteiger partial charge in [0.15, 0.2) is 11.7 Å². The quantitative estimate of drug-likeness (QED) is 0.417. The molecule has 1 fully saturated rings. The molecule has 3 heterocycles. The molecule has 170 valence electrons. The van der Waals surface area contributed by atoms with Crippen LogP contribution in [-0.4, -0.2) is 64.2 Å². The molecule has 9 heteroatoms. The number of nitrogens with one attached hydrogen (secondary N) is 3. The fourth-order valence-corrected chi connectivity index (χ4v) is 3.85. The van der Waals surface area contributed by atoms with Gasteiger partial charge in [0.05, 0.1) is 6.26 Å². The van der Waals surface area contributed by atoms with Crippen molar-refractivity contribution in [3.63, 3.8) is 0 Å². The van der Waals surface area contributed by atoms with Crippen LogP contribution in [0.25, 0.3) is 11.6 Å². The van der Waals surface area contributed by atoms with Gasteiger partial charge in [-0.15, -0.1) is 0 Å². The third kappa shape index (κ3) is 6.32. The third-order valence-electron chi connectivity index (χ3n) is 5.72. The smallest absolute Gasteiger partial charge is 0.225 e. The van der Waals surface area contributed by atoms with Crippen molar-refractivity contribution < 1.29 is 9.21 Å². The highest BCUT2D eigenvalue weighted by atomic mass is 16.3. The van der Waals surface area contributed by atoms with Gasteiger partial charge in [-0.05, 0) is 44.7 Å². The lowest BCUT2D eigenvalue weighted by molar-refractivity contribution is -0.136. The molecule has 0 bridgehead atoms. The second-order valence-electron chi connectivity index (χ2n) is 7.85. The first-order valence-electron chi connectivity index (χ1n) is 11.4. The van der Waals surface area contributed by atoms with Gasteiger partial charge < -0.3 is 20.0 Å². The highest BCUT2D eigenvalue weighted by Crippen LogP contribution is 2.17. The van der Waals surface area contributed by atoms with Gasteiger partial charge in [-0.3, -0.25) is 14.9 Å². The summed E-state index contributed by atoms with van der Waals surface area (Å²) in [5, 5.41) is 14.0. The van der Waals surface area contributed by atoms with E-state index in [2.05, 4.69) is 51.6 Å². The molecule has 3 N–H and O–H groups in total. The number of nitrogens with zero attached hydrogens (tertiary/aromatic N) is 4. The van der Waals surface area contributed by atoms with Crippen molar-refractivity contribution >= 4 is 11.9 Å². The van der Waals surface area contributed by atoms with Gasteiger partial charge in [0.25, 0.3) is 0 Å². The molecule has 0 radical (unpaired) electrons. The summed E-state index contributed by atoms with van der Waals surface area (Å²) < 4.78 is 5.32. The fourth-order valence-electron chi connectivity index (χ4n) is 3.85. The van der Waals surface area contributed by atoms with Crippen molar-refractivity contribution in [1.29, 1.82) is 0 Å². The molecule has 0 atom stereocenters. The summed E-state index contributed by atoms with van der Waals surface area (Å²) in [4.78, 5) is 23.8. The molecule has 2 aromatic heterocycles. The Kier molecular flexibility index (Phi) is 8.49. The van der Waals surface area contributed by atoms with Crippen LogP contribution >= 0.6 is 0 Å². The van der Waals surface area contributed by atoms with Crippen LogP contribution in [0.5, 0.6) is 0 Å². The molecule has 31 heavy (non-hydrogen) atoms. The highest BCUT2D eigenvalue weighted by molar-refractivity contribution is 5.80. The number of aromatic nitrogens is 3. The molecule has 0 aromatic carbocycles. The first kappa shape index (κ1) is 22.8. The number of aliphatic imine (C=N–C) groups is 1. The summed E-state index contributed by atoms with van der Waals surface area (Å²) in [5.41, 5.74) is 0. The predicted octanol–water partition coefficient (Wildman–Crippen LogP) is 2.59. The molecule has 2 aromatic rings. The van der Waals surface area contributed by atoms with Crippen molar-refractivity contribution in [2.45, 2.75) is 58.9 Å². The van der Waals surface area contributed by atoms with Gasteiger partial charge in [0.2, 0.25) is 11.7 Å². The number of likely N-dealkylation sites (tertiary alicyclic amines) is 1. The number of aromatic amines is 1. The minimum atomic E-state index is 0.160. The Morgan fingerprint density at radius 3 is 2.74 bits per heavy atom. The molecule has 0 aliphatic carbocycles. The molecular formula is C22H35N7O2. The van der Waals surface area contributed by atoms with E-state index in [-0.39, 0.29) is 5.92 Å². The zero-order valence-corrected chi connectivity index (χ0v) is 18.9. The molecule has 0 spiro atoms. The van der Waals surface area contributed by atoms with E-state index in [1.807, 2.05) is 17.0 Å². The molecule has 0 saturated carbocycles. The summed E-state index contributed by atoms with van der Waals surface area (Å²) >= 11 is 0. The number of guanidine groups is 1. The fraction of sp³-hybridized carbons (Fsp3) is 0.636. The number of carbonyl (C=O) groups is 1. The maximum atomic E-state index is 12.6. The van der Waals surface area contributed by atoms with E-state index in [0.29, 0.717) is 36.5 Å². The minimum Gasteiger partial charge on any atom is -0.461 e. The lowest BCUT2D eigenvalue weighted by Crippen LogP contribution is -2.50. The third-order valence-corrected chi connectivity index (χ3v) is 5.72. The van der Waals surface area contributed by atoms with Crippen LogP contribution in [0.4, 0.5) is 0 Å². The number of H-pyrrole nitrogens is 1. The topological polar surface area (TPSA) is 111 Å². The SMILES string of the molecule is CCNC(=NCCc1nc(-c2ccco2)n[nH]1)NC1CCN(C(=O)C(CC)CC)CC1. The molecule has 9 nitrogen and oxygen atoms in total. The maximum absolute atomic E-state index is 12.6. The van der Waals surface area contributed by atoms with Crippen molar-refractivity contribution in [1.82, 2.24) is 30.7 Å². The lowest BCUT2D eigenvalue weighted by atomic mass is 9.98. The minimum absolute atomic E-state index is 0.160. The van der Waals surface area contributed by atoms with Gasteiger partial charge in [0.1, 0.15) is 5.82 Å². The van der Waals surface area contributed by atoms with Crippen molar-refractivity contribution in [2.24, 2.45) is 10.9 Å². The number of piperidine rings is 1. The number of hydrogen-bond donors (Lipinski definition) is 3. The molecule has 0 unspecified atom stereocenters. The average Bonchev–Trinajstić information content (AvgIpc) is 3.47. The zero-order chi connectivity index (χ0) is 22.1. The second kappa shape index (κ2) is 11.5. The zero-order valence-electron chi connectivity index (χ0n) is 18.9. The number of furan rings is 1. The van der Waals surface area contributed by atoms with E-state index in [0.717, 1.165) is 57.1 Å². The van der Waals surface area contributed by atoms with E-state index in [4.69, 9.17) is 4.42 Å². The second-order valence-corrected chi connectivity index (χ2v) is 7.85. The van der Waals surface area contributed by atoms with Crippen molar-refractivity contribution in [3.8, 4) is 11.6 Å². The Balaban J connectivity index is 1.47. The predicted molar refractivity (Wildman–Crippen MR) is 121 cm³/mol. The summed E-state index contributed by atoms with van der Waals surface area (Å²) in [6, 6.07) is 3.97. The van der Waals surface area contributed by atoms with Crippen LogP contribution in [0.3, 0.4) is 0 Å². The number of carbonyl (C=O) groups excluding carboxylic acids is 1. The first-order valence-corrected chi connectivity index (χ1v) is 11.4. The van der Waals surface area contributed by atoms with E-state index < -0.39 is 0 Å². The van der Waals surface area contributed by atoms with Gasteiger partial charge in [0, 0.05) is 44.6 Å². The Morgan fingerprint density at radius 2 is 2.10 bits per heavy atom. The van der Waals surface area contributed by atoms with Crippen LogP contribution in [0.15, 0.2) is 27.8 Å². The Labute approximate surface area is 184 Å². The van der Waals surface area contributed by atoms with E-state index >= 15 is 0 Å². The molecule has 1 amide bonds. The van der Waals surface area contributed by atoms with Crippen molar-refractivity contribution in [3.05, 3.63) is 24.2 Å².